The van der Waals surface area contributed by atoms with E-state index >= 15 is 0 Å². The van der Waals surface area contributed by atoms with Crippen LogP contribution in [0.5, 0.6) is 5.75 Å². The van der Waals surface area contributed by atoms with Gasteiger partial charge in [0.2, 0.25) is 0 Å². The average molecular weight is 323 g/mol. The van der Waals surface area contributed by atoms with E-state index in [1.54, 1.807) is 18.2 Å². The van der Waals surface area contributed by atoms with Gasteiger partial charge >= 0.3 is 12.0 Å². The van der Waals surface area contributed by atoms with Gasteiger partial charge in [-0.05, 0) is 29.8 Å². The Morgan fingerprint density at radius 2 is 1.61 bits per heavy atom. The SMILES string of the molecule is Oc1ccc(C2=NOC(O)(C(F)(F)F)C2c2ccccc2)cc1. The standard InChI is InChI=1S/C16H12F3NO3/c17-16(18,19)15(22)13(10-4-2-1-3-5-10)14(20-23-15)11-6-8-12(21)9-7-11/h1-9,13,21-22H. The number of phenolic OH excluding ortho intramolecular Hbond substituents is 1. The van der Waals surface area contributed by atoms with Crippen molar-refractivity contribution >= 4 is 5.71 Å². The van der Waals surface area contributed by atoms with Crippen LogP contribution in [-0.4, -0.2) is 27.9 Å². The highest BCUT2D eigenvalue weighted by Gasteiger charge is 2.66. The number of phenols is 1. The van der Waals surface area contributed by atoms with Gasteiger partial charge in [0.1, 0.15) is 17.4 Å². The van der Waals surface area contributed by atoms with E-state index < -0.39 is 17.9 Å². The summed E-state index contributed by atoms with van der Waals surface area (Å²) >= 11 is 0. The van der Waals surface area contributed by atoms with Crippen molar-refractivity contribution in [3.8, 4) is 5.75 Å². The van der Waals surface area contributed by atoms with Crippen LogP contribution in [0.15, 0.2) is 59.8 Å². The van der Waals surface area contributed by atoms with Crippen LogP contribution in [0.2, 0.25) is 0 Å². The van der Waals surface area contributed by atoms with Crippen LogP contribution in [0, 0.1) is 0 Å². The molecule has 0 radical (unpaired) electrons. The minimum atomic E-state index is -5.03. The first-order valence-electron chi connectivity index (χ1n) is 6.72. The summed E-state index contributed by atoms with van der Waals surface area (Å²) in [7, 11) is 0. The Morgan fingerprint density at radius 3 is 2.17 bits per heavy atom. The first-order chi connectivity index (χ1) is 10.8. The maximum Gasteiger partial charge on any atom is 0.458 e. The molecule has 23 heavy (non-hydrogen) atoms. The molecule has 0 spiro atoms. The molecule has 0 bridgehead atoms. The number of aromatic hydroxyl groups is 1. The molecule has 1 aliphatic heterocycles. The Hall–Kier alpha value is -2.54. The van der Waals surface area contributed by atoms with E-state index in [0.717, 1.165) is 0 Å². The Kier molecular flexibility index (Phi) is 3.52. The van der Waals surface area contributed by atoms with Crippen LogP contribution in [-0.2, 0) is 4.84 Å². The minimum Gasteiger partial charge on any atom is -0.508 e. The Bertz CT molecular complexity index is 728. The lowest BCUT2D eigenvalue weighted by Gasteiger charge is -2.29. The summed E-state index contributed by atoms with van der Waals surface area (Å²) in [5, 5.41) is 22.9. The Morgan fingerprint density at radius 1 is 1.00 bits per heavy atom. The van der Waals surface area contributed by atoms with E-state index in [1.165, 1.54) is 36.4 Å². The van der Waals surface area contributed by atoms with E-state index in [4.69, 9.17) is 0 Å². The molecule has 0 aromatic heterocycles. The molecule has 0 saturated heterocycles. The van der Waals surface area contributed by atoms with Gasteiger partial charge in [-0.2, -0.15) is 13.2 Å². The molecular formula is C16H12F3NO3. The molecule has 1 aliphatic rings. The quantitative estimate of drug-likeness (QED) is 0.892. The van der Waals surface area contributed by atoms with Crippen molar-refractivity contribution in [1.82, 2.24) is 0 Å². The van der Waals surface area contributed by atoms with Gasteiger partial charge < -0.3 is 15.1 Å². The Balaban J connectivity index is 2.11. The first kappa shape index (κ1) is 15.4. The zero-order valence-electron chi connectivity index (χ0n) is 11.7. The lowest BCUT2D eigenvalue weighted by molar-refractivity contribution is -0.361. The third-order valence-corrected chi connectivity index (χ3v) is 3.65. The van der Waals surface area contributed by atoms with Gasteiger partial charge in [0.15, 0.2) is 0 Å². The van der Waals surface area contributed by atoms with Crippen molar-refractivity contribution in [2.24, 2.45) is 5.16 Å². The van der Waals surface area contributed by atoms with Crippen LogP contribution < -0.4 is 0 Å². The lowest BCUT2D eigenvalue weighted by Crippen LogP contribution is -2.50. The molecule has 0 aliphatic carbocycles. The van der Waals surface area contributed by atoms with Gasteiger partial charge in [-0.15, -0.1) is 0 Å². The molecule has 4 nitrogen and oxygen atoms in total. The fourth-order valence-corrected chi connectivity index (χ4v) is 2.51. The van der Waals surface area contributed by atoms with Gasteiger partial charge in [0.05, 0.1) is 0 Å². The van der Waals surface area contributed by atoms with E-state index in [1.807, 2.05) is 0 Å². The summed E-state index contributed by atoms with van der Waals surface area (Å²) in [6.07, 6.45) is -5.03. The third kappa shape index (κ3) is 2.53. The number of aliphatic hydroxyl groups is 1. The van der Waals surface area contributed by atoms with Crippen molar-refractivity contribution < 1.29 is 28.2 Å². The normalized spacial score (nSPS) is 24.2. The highest BCUT2D eigenvalue weighted by atomic mass is 19.4. The Labute approximate surface area is 129 Å². The summed E-state index contributed by atoms with van der Waals surface area (Å²) in [6.45, 7) is 0. The second-order valence-electron chi connectivity index (χ2n) is 5.15. The maximum absolute atomic E-state index is 13.3. The largest absolute Gasteiger partial charge is 0.508 e. The number of benzene rings is 2. The zero-order chi connectivity index (χ0) is 16.7. The van der Waals surface area contributed by atoms with Gasteiger partial charge in [0, 0.05) is 5.56 Å². The maximum atomic E-state index is 13.3. The van der Waals surface area contributed by atoms with Crippen molar-refractivity contribution in [2.45, 2.75) is 17.9 Å². The van der Waals surface area contributed by atoms with Crippen LogP contribution in [0.1, 0.15) is 17.0 Å². The second-order valence-corrected chi connectivity index (χ2v) is 5.15. The van der Waals surface area contributed by atoms with E-state index in [-0.39, 0.29) is 17.0 Å². The highest BCUT2D eigenvalue weighted by molar-refractivity contribution is 6.06. The lowest BCUT2D eigenvalue weighted by atomic mass is 9.83. The van der Waals surface area contributed by atoms with Crippen molar-refractivity contribution in [2.75, 3.05) is 0 Å². The molecule has 3 rings (SSSR count). The molecule has 2 atom stereocenters. The minimum absolute atomic E-state index is 0.0318. The van der Waals surface area contributed by atoms with Crippen LogP contribution >= 0.6 is 0 Å². The van der Waals surface area contributed by atoms with Crippen molar-refractivity contribution in [3.05, 3.63) is 65.7 Å². The highest BCUT2D eigenvalue weighted by Crippen LogP contribution is 2.47. The number of halogens is 3. The summed E-state index contributed by atoms with van der Waals surface area (Å²) in [5.74, 6) is -5.01. The monoisotopic (exact) mass is 323 g/mol. The van der Waals surface area contributed by atoms with Crippen LogP contribution in [0.3, 0.4) is 0 Å². The molecule has 0 fully saturated rings. The zero-order valence-corrected chi connectivity index (χ0v) is 11.7. The molecule has 2 aromatic carbocycles. The number of alkyl halides is 3. The topological polar surface area (TPSA) is 62.1 Å². The number of rotatable bonds is 2. The number of nitrogens with zero attached hydrogens (tertiary/aromatic N) is 1. The summed E-state index contributed by atoms with van der Waals surface area (Å²) < 4.78 is 40.0. The fraction of sp³-hybridized carbons (Fsp3) is 0.188. The van der Waals surface area contributed by atoms with Crippen molar-refractivity contribution in [3.63, 3.8) is 0 Å². The predicted molar refractivity (Wildman–Crippen MR) is 75.9 cm³/mol. The summed E-state index contributed by atoms with van der Waals surface area (Å²) in [6, 6.07) is 13.2. The number of hydrogen-bond acceptors (Lipinski definition) is 4. The van der Waals surface area contributed by atoms with Gasteiger partial charge in [0.25, 0.3) is 0 Å². The van der Waals surface area contributed by atoms with Gasteiger partial charge in [-0.25, -0.2) is 0 Å². The van der Waals surface area contributed by atoms with Crippen LogP contribution in [0.4, 0.5) is 13.2 Å². The second kappa shape index (κ2) is 5.27. The van der Waals surface area contributed by atoms with Gasteiger partial charge in [-0.1, -0.05) is 35.5 Å². The summed E-state index contributed by atoms with van der Waals surface area (Å²) in [4.78, 5) is 4.43. The molecule has 2 unspecified atom stereocenters. The van der Waals surface area contributed by atoms with E-state index in [2.05, 4.69) is 9.99 Å². The molecule has 0 saturated carbocycles. The predicted octanol–water partition coefficient (Wildman–Crippen LogP) is 3.16. The van der Waals surface area contributed by atoms with Crippen molar-refractivity contribution in [1.29, 1.82) is 0 Å². The van der Waals surface area contributed by atoms with Gasteiger partial charge in [-0.3, -0.25) is 0 Å². The molecule has 2 aromatic rings. The fourth-order valence-electron chi connectivity index (χ4n) is 2.51. The number of hydrogen-bond donors (Lipinski definition) is 2. The smallest absolute Gasteiger partial charge is 0.458 e. The average Bonchev–Trinajstić information content (AvgIpc) is 2.88. The van der Waals surface area contributed by atoms with E-state index in [0.29, 0.717) is 5.56 Å². The van der Waals surface area contributed by atoms with E-state index in [9.17, 15) is 23.4 Å². The van der Waals surface area contributed by atoms with Crippen LogP contribution in [0.25, 0.3) is 0 Å². The molecule has 7 heteroatoms. The third-order valence-electron chi connectivity index (χ3n) is 3.65. The molecule has 0 amide bonds. The number of oxime groups is 1. The summed E-state index contributed by atoms with van der Waals surface area (Å²) in [5.41, 5.74) is 0.476. The molecular weight excluding hydrogens is 311 g/mol. The molecule has 120 valence electrons. The molecule has 1 heterocycles. The molecule has 2 N–H and O–H groups in total. The first-order valence-corrected chi connectivity index (χ1v) is 6.72.